The Morgan fingerprint density at radius 2 is 2.10 bits per heavy atom. The van der Waals surface area contributed by atoms with Gasteiger partial charge >= 0.3 is 0 Å². The van der Waals surface area contributed by atoms with Crippen molar-refractivity contribution < 1.29 is 9.18 Å². The molecule has 1 heterocycles. The minimum atomic E-state index is -0.209. The first-order valence-electron chi connectivity index (χ1n) is 7.22. The molecule has 0 spiro atoms. The first kappa shape index (κ1) is 15.5. The van der Waals surface area contributed by atoms with E-state index < -0.39 is 0 Å². The fourth-order valence-corrected chi connectivity index (χ4v) is 2.49. The van der Waals surface area contributed by atoms with E-state index in [0.717, 1.165) is 12.1 Å². The Labute approximate surface area is 125 Å². The molecule has 1 aliphatic heterocycles. The van der Waals surface area contributed by atoms with E-state index in [4.69, 9.17) is 0 Å². The Morgan fingerprint density at radius 3 is 2.71 bits per heavy atom. The average Bonchev–Trinajstić information content (AvgIpc) is 2.49. The predicted molar refractivity (Wildman–Crippen MR) is 82.8 cm³/mol. The number of carbonyl (C=O) groups is 1. The molecule has 1 aliphatic rings. The lowest BCUT2D eigenvalue weighted by Crippen LogP contribution is -2.48. The fraction of sp³-hybridized carbons (Fsp3) is 0.438. The van der Waals surface area contributed by atoms with E-state index in [2.05, 4.69) is 11.9 Å². The molecule has 5 heteroatoms. The van der Waals surface area contributed by atoms with E-state index in [-0.39, 0.29) is 11.7 Å². The number of benzene rings is 1. The minimum Gasteiger partial charge on any atom is -0.366 e. The zero-order chi connectivity index (χ0) is 15.2. The quantitative estimate of drug-likeness (QED) is 0.663. The van der Waals surface area contributed by atoms with Gasteiger partial charge in [0.1, 0.15) is 5.82 Å². The van der Waals surface area contributed by atoms with E-state index >= 15 is 0 Å². The third-order valence-corrected chi connectivity index (χ3v) is 3.69. The van der Waals surface area contributed by atoms with Crippen molar-refractivity contribution in [3.8, 4) is 0 Å². The molecule has 1 saturated heterocycles. The molecular weight excluding hydrogens is 269 g/mol. The Bertz CT molecular complexity index is 510. The third-order valence-electron chi connectivity index (χ3n) is 3.69. The van der Waals surface area contributed by atoms with E-state index in [9.17, 15) is 9.18 Å². The van der Waals surface area contributed by atoms with Gasteiger partial charge in [-0.25, -0.2) is 4.39 Å². The Hall–Kier alpha value is -1.88. The number of piperazine rings is 1. The van der Waals surface area contributed by atoms with Gasteiger partial charge in [0.15, 0.2) is 0 Å². The van der Waals surface area contributed by atoms with Crippen molar-refractivity contribution in [2.45, 2.75) is 13.5 Å². The Balaban J connectivity index is 2.03. The molecule has 0 aromatic heterocycles. The van der Waals surface area contributed by atoms with Gasteiger partial charge in [-0.1, -0.05) is 12.1 Å². The van der Waals surface area contributed by atoms with E-state index in [1.54, 1.807) is 24.0 Å². The van der Waals surface area contributed by atoms with Crippen LogP contribution in [-0.2, 0) is 11.3 Å². The van der Waals surface area contributed by atoms with Crippen LogP contribution in [0.3, 0.4) is 0 Å². The number of anilines is 1. The van der Waals surface area contributed by atoms with E-state index in [1.165, 1.54) is 6.07 Å². The van der Waals surface area contributed by atoms with Gasteiger partial charge in [-0.3, -0.25) is 4.79 Å². The van der Waals surface area contributed by atoms with Crippen LogP contribution < -0.4 is 10.2 Å². The van der Waals surface area contributed by atoms with Crippen LogP contribution >= 0.6 is 0 Å². The normalized spacial score (nSPS) is 15.1. The van der Waals surface area contributed by atoms with Gasteiger partial charge in [-0.2, -0.15) is 0 Å². The summed E-state index contributed by atoms with van der Waals surface area (Å²) in [6.45, 7) is 9.27. The maximum Gasteiger partial charge on any atom is 0.219 e. The van der Waals surface area contributed by atoms with Gasteiger partial charge in [-0.05, 0) is 17.7 Å². The highest BCUT2D eigenvalue weighted by molar-refractivity contribution is 5.73. The van der Waals surface area contributed by atoms with E-state index in [0.29, 0.717) is 38.4 Å². The summed E-state index contributed by atoms with van der Waals surface area (Å²) in [5.41, 5.74) is 1.67. The second kappa shape index (κ2) is 7.22. The summed E-state index contributed by atoms with van der Waals surface area (Å²) in [7, 11) is 0. The van der Waals surface area contributed by atoms with Crippen molar-refractivity contribution in [3.05, 3.63) is 42.2 Å². The second-order valence-corrected chi connectivity index (χ2v) is 5.20. The molecule has 4 nitrogen and oxygen atoms in total. The summed E-state index contributed by atoms with van der Waals surface area (Å²) >= 11 is 0. The van der Waals surface area contributed by atoms with Crippen LogP contribution in [0.25, 0.3) is 0 Å². The molecular formula is C16H22FN3O. The van der Waals surface area contributed by atoms with Crippen molar-refractivity contribution in [1.82, 2.24) is 10.2 Å². The summed E-state index contributed by atoms with van der Waals surface area (Å²) in [5.74, 6) is -0.128. The lowest BCUT2D eigenvalue weighted by atomic mass is 10.1. The Kier molecular flexibility index (Phi) is 5.33. The smallest absolute Gasteiger partial charge is 0.219 e. The summed E-state index contributed by atoms with van der Waals surface area (Å²) in [5, 5.41) is 3.21. The number of halogens is 1. The van der Waals surface area contributed by atoms with Crippen molar-refractivity contribution in [2.24, 2.45) is 0 Å². The molecule has 1 amide bonds. The van der Waals surface area contributed by atoms with Crippen molar-refractivity contribution in [2.75, 3.05) is 37.6 Å². The molecule has 0 atom stereocenters. The zero-order valence-electron chi connectivity index (χ0n) is 12.4. The van der Waals surface area contributed by atoms with Crippen molar-refractivity contribution >= 4 is 11.6 Å². The molecule has 0 bridgehead atoms. The van der Waals surface area contributed by atoms with Gasteiger partial charge in [-0.15, -0.1) is 6.58 Å². The maximum atomic E-state index is 14.0. The van der Waals surface area contributed by atoms with E-state index in [1.807, 2.05) is 11.0 Å². The molecule has 0 unspecified atom stereocenters. The van der Waals surface area contributed by atoms with Crippen LogP contribution in [0.4, 0.5) is 10.1 Å². The number of carbonyl (C=O) groups excluding carboxylic acids is 1. The molecule has 1 aromatic rings. The molecule has 114 valence electrons. The highest BCUT2D eigenvalue weighted by Crippen LogP contribution is 2.22. The molecule has 21 heavy (non-hydrogen) atoms. The fourth-order valence-electron chi connectivity index (χ4n) is 2.49. The Morgan fingerprint density at radius 1 is 1.38 bits per heavy atom. The van der Waals surface area contributed by atoms with Crippen LogP contribution in [0.15, 0.2) is 30.9 Å². The van der Waals surface area contributed by atoms with Gasteiger partial charge in [0.25, 0.3) is 0 Å². The summed E-state index contributed by atoms with van der Waals surface area (Å²) in [4.78, 5) is 15.1. The molecule has 0 saturated carbocycles. The number of nitrogens with zero attached hydrogens (tertiary/aromatic N) is 2. The highest BCUT2D eigenvalue weighted by Gasteiger charge is 2.20. The number of nitrogens with one attached hydrogen (secondary N) is 1. The molecule has 1 N–H and O–H groups in total. The third kappa shape index (κ3) is 4.04. The topological polar surface area (TPSA) is 35.6 Å². The molecule has 0 aliphatic carbocycles. The first-order chi connectivity index (χ1) is 10.1. The SMILES string of the molecule is C=CCNCc1ccc(F)c(N2CCN(C(C)=O)CC2)c1. The summed E-state index contributed by atoms with van der Waals surface area (Å²) in [6.07, 6.45) is 1.80. The largest absolute Gasteiger partial charge is 0.366 e. The zero-order valence-corrected chi connectivity index (χ0v) is 12.4. The lowest BCUT2D eigenvalue weighted by molar-refractivity contribution is -0.129. The first-order valence-corrected chi connectivity index (χ1v) is 7.22. The number of hydrogen-bond acceptors (Lipinski definition) is 3. The van der Waals surface area contributed by atoms with Gasteiger partial charge in [0.05, 0.1) is 5.69 Å². The van der Waals surface area contributed by atoms with Crippen LogP contribution in [0.1, 0.15) is 12.5 Å². The predicted octanol–water partition coefficient (Wildman–Crippen LogP) is 1.77. The minimum absolute atomic E-state index is 0.0810. The van der Waals surface area contributed by atoms with Crippen molar-refractivity contribution in [1.29, 1.82) is 0 Å². The van der Waals surface area contributed by atoms with Gasteiger partial charge in [0.2, 0.25) is 5.91 Å². The highest BCUT2D eigenvalue weighted by atomic mass is 19.1. The summed E-state index contributed by atoms with van der Waals surface area (Å²) in [6, 6.07) is 5.19. The molecule has 2 rings (SSSR count). The van der Waals surface area contributed by atoms with Crippen LogP contribution in [0, 0.1) is 5.82 Å². The lowest BCUT2D eigenvalue weighted by Gasteiger charge is -2.35. The monoisotopic (exact) mass is 291 g/mol. The summed E-state index contributed by atoms with van der Waals surface area (Å²) < 4.78 is 14.0. The molecule has 1 fully saturated rings. The van der Waals surface area contributed by atoms with Crippen LogP contribution in [0.2, 0.25) is 0 Å². The van der Waals surface area contributed by atoms with Crippen LogP contribution in [0.5, 0.6) is 0 Å². The number of rotatable bonds is 5. The van der Waals surface area contributed by atoms with Gasteiger partial charge < -0.3 is 15.1 Å². The number of amides is 1. The van der Waals surface area contributed by atoms with Gasteiger partial charge in [0, 0.05) is 46.2 Å². The number of hydrogen-bond donors (Lipinski definition) is 1. The maximum absolute atomic E-state index is 14.0. The second-order valence-electron chi connectivity index (χ2n) is 5.20. The van der Waals surface area contributed by atoms with Crippen LogP contribution in [-0.4, -0.2) is 43.5 Å². The average molecular weight is 291 g/mol. The molecule has 1 aromatic carbocycles. The van der Waals surface area contributed by atoms with Crippen molar-refractivity contribution in [3.63, 3.8) is 0 Å². The standard InChI is InChI=1S/C16H22FN3O/c1-3-6-18-12-14-4-5-15(17)16(11-14)20-9-7-19(8-10-20)13(2)21/h3-5,11,18H,1,6-10,12H2,2H3. The molecule has 0 radical (unpaired) electrons.